The smallest absolute Gasteiger partial charge is 0.204 e. The van der Waals surface area contributed by atoms with Gasteiger partial charge in [0.1, 0.15) is 0 Å². The van der Waals surface area contributed by atoms with Crippen molar-refractivity contribution < 1.29 is 0 Å². The van der Waals surface area contributed by atoms with Gasteiger partial charge in [0, 0.05) is 39.6 Å². The number of aromatic nitrogens is 3. The Morgan fingerprint density at radius 3 is 2.76 bits per heavy atom. The SMILES string of the molecule is CN(C)c1ncc(CNCc2cscn2)n1C. The molecule has 92 valence electrons. The summed E-state index contributed by atoms with van der Waals surface area (Å²) in [5, 5.41) is 5.42. The molecule has 0 saturated heterocycles. The quantitative estimate of drug-likeness (QED) is 0.868. The third-order valence-corrected chi connectivity index (χ3v) is 3.19. The van der Waals surface area contributed by atoms with Gasteiger partial charge in [-0.05, 0) is 0 Å². The van der Waals surface area contributed by atoms with Crippen molar-refractivity contribution in [1.82, 2.24) is 19.9 Å². The summed E-state index contributed by atoms with van der Waals surface area (Å²) in [7, 11) is 6.02. The van der Waals surface area contributed by atoms with Gasteiger partial charge in [-0.25, -0.2) is 9.97 Å². The number of thiazole rings is 1. The Labute approximate surface area is 105 Å². The van der Waals surface area contributed by atoms with Crippen molar-refractivity contribution in [2.24, 2.45) is 7.05 Å². The van der Waals surface area contributed by atoms with Crippen molar-refractivity contribution >= 4 is 17.3 Å². The first kappa shape index (κ1) is 12.1. The van der Waals surface area contributed by atoms with E-state index in [9.17, 15) is 0 Å². The highest BCUT2D eigenvalue weighted by atomic mass is 32.1. The molecular formula is C11H17N5S. The highest BCUT2D eigenvalue weighted by molar-refractivity contribution is 7.07. The molecular weight excluding hydrogens is 234 g/mol. The predicted molar refractivity (Wildman–Crippen MR) is 70.2 cm³/mol. The lowest BCUT2D eigenvalue weighted by molar-refractivity contribution is 0.647. The fourth-order valence-electron chi connectivity index (χ4n) is 1.66. The molecule has 2 aromatic rings. The number of nitrogens with one attached hydrogen (secondary N) is 1. The zero-order valence-corrected chi connectivity index (χ0v) is 11.2. The molecule has 0 radical (unpaired) electrons. The normalized spacial score (nSPS) is 10.8. The Hall–Kier alpha value is -1.40. The summed E-state index contributed by atoms with van der Waals surface area (Å²) in [6.07, 6.45) is 1.91. The molecule has 2 aromatic heterocycles. The Morgan fingerprint density at radius 2 is 2.18 bits per heavy atom. The van der Waals surface area contributed by atoms with Gasteiger partial charge in [-0.2, -0.15) is 0 Å². The lowest BCUT2D eigenvalue weighted by Crippen LogP contribution is -2.18. The highest BCUT2D eigenvalue weighted by Gasteiger charge is 2.07. The molecule has 17 heavy (non-hydrogen) atoms. The van der Waals surface area contributed by atoms with Gasteiger partial charge in [0.05, 0.1) is 23.1 Å². The van der Waals surface area contributed by atoms with E-state index in [0.717, 1.165) is 24.7 Å². The van der Waals surface area contributed by atoms with Crippen LogP contribution in [0.5, 0.6) is 0 Å². The van der Waals surface area contributed by atoms with Crippen LogP contribution in [0, 0.1) is 0 Å². The Balaban J connectivity index is 1.91. The van der Waals surface area contributed by atoms with Crippen LogP contribution >= 0.6 is 11.3 Å². The first-order valence-electron chi connectivity index (χ1n) is 5.44. The van der Waals surface area contributed by atoms with Crippen molar-refractivity contribution in [2.45, 2.75) is 13.1 Å². The van der Waals surface area contributed by atoms with Gasteiger partial charge in [0.2, 0.25) is 5.95 Å². The molecule has 0 amide bonds. The van der Waals surface area contributed by atoms with E-state index in [2.05, 4.69) is 25.2 Å². The van der Waals surface area contributed by atoms with Crippen molar-refractivity contribution in [3.63, 3.8) is 0 Å². The standard InChI is InChI=1S/C11H17N5S/c1-15(2)11-13-6-10(16(11)3)5-12-4-9-7-17-8-14-9/h6-8,12H,4-5H2,1-3H3. The van der Waals surface area contributed by atoms with Crippen LogP contribution in [0.2, 0.25) is 0 Å². The van der Waals surface area contributed by atoms with Gasteiger partial charge in [0.25, 0.3) is 0 Å². The second kappa shape index (κ2) is 5.29. The average Bonchev–Trinajstić information content (AvgIpc) is 2.89. The number of imidazole rings is 1. The molecule has 5 nitrogen and oxygen atoms in total. The summed E-state index contributed by atoms with van der Waals surface area (Å²) in [4.78, 5) is 10.6. The van der Waals surface area contributed by atoms with Crippen molar-refractivity contribution in [1.29, 1.82) is 0 Å². The minimum Gasteiger partial charge on any atom is -0.348 e. The Morgan fingerprint density at radius 1 is 1.35 bits per heavy atom. The molecule has 0 bridgehead atoms. The van der Waals surface area contributed by atoms with Crippen LogP contribution in [0.4, 0.5) is 5.95 Å². The van der Waals surface area contributed by atoms with Gasteiger partial charge in [-0.3, -0.25) is 0 Å². The summed E-state index contributed by atoms with van der Waals surface area (Å²) in [5.74, 6) is 0.968. The van der Waals surface area contributed by atoms with Crippen LogP contribution in [-0.4, -0.2) is 28.6 Å². The maximum atomic E-state index is 4.37. The first-order valence-corrected chi connectivity index (χ1v) is 6.38. The topological polar surface area (TPSA) is 46.0 Å². The highest BCUT2D eigenvalue weighted by Crippen LogP contribution is 2.10. The molecule has 2 rings (SSSR count). The van der Waals surface area contributed by atoms with E-state index >= 15 is 0 Å². The number of rotatable bonds is 5. The number of anilines is 1. The van der Waals surface area contributed by atoms with Crippen molar-refractivity contribution in [3.05, 3.63) is 28.5 Å². The zero-order chi connectivity index (χ0) is 12.3. The zero-order valence-electron chi connectivity index (χ0n) is 10.3. The molecule has 0 saturated carbocycles. The van der Waals surface area contributed by atoms with Crippen LogP contribution in [-0.2, 0) is 20.1 Å². The first-order chi connectivity index (χ1) is 8.18. The molecule has 0 unspecified atom stereocenters. The summed E-state index contributed by atoms with van der Waals surface area (Å²) in [6.45, 7) is 1.60. The van der Waals surface area contributed by atoms with Crippen LogP contribution in [0.1, 0.15) is 11.4 Å². The van der Waals surface area contributed by atoms with Crippen LogP contribution in [0.25, 0.3) is 0 Å². The van der Waals surface area contributed by atoms with E-state index in [-0.39, 0.29) is 0 Å². The van der Waals surface area contributed by atoms with E-state index in [4.69, 9.17) is 0 Å². The van der Waals surface area contributed by atoms with Gasteiger partial charge in [-0.15, -0.1) is 11.3 Å². The summed E-state index contributed by atoms with van der Waals surface area (Å²) >= 11 is 1.62. The molecule has 0 aromatic carbocycles. The summed E-state index contributed by atoms with van der Waals surface area (Å²) in [5.41, 5.74) is 4.11. The summed E-state index contributed by atoms with van der Waals surface area (Å²) in [6, 6.07) is 0. The second-order valence-electron chi connectivity index (χ2n) is 4.09. The summed E-state index contributed by atoms with van der Waals surface area (Å²) < 4.78 is 2.09. The maximum absolute atomic E-state index is 4.37. The van der Waals surface area contributed by atoms with Crippen LogP contribution in [0.15, 0.2) is 17.1 Å². The van der Waals surface area contributed by atoms with E-state index in [1.54, 1.807) is 11.3 Å². The Bertz CT molecular complexity index is 460. The van der Waals surface area contributed by atoms with E-state index in [0.29, 0.717) is 0 Å². The predicted octanol–water partition coefficient (Wildman–Crippen LogP) is 1.23. The molecule has 2 heterocycles. The van der Waals surface area contributed by atoms with Crippen LogP contribution < -0.4 is 10.2 Å². The molecule has 0 fully saturated rings. The lowest BCUT2D eigenvalue weighted by Gasteiger charge is -2.12. The monoisotopic (exact) mass is 251 g/mol. The molecule has 0 atom stereocenters. The molecule has 0 aliphatic carbocycles. The fraction of sp³-hybridized carbons (Fsp3) is 0.455. The van der Waals surface area contributed by atoms with E-state index < -0.39 is 0 Å². The number of nitrogens with zero attached hydrogens (tertiary/aromatic N) is 4. The van der Waals surface area contributed by atoms with Crippen molar-refractivity contribution in [2.75, 3.05) is 19.0 Å². The minimum absolute atomic E-state index is 0.798. The molecule has 0 spiro atoms. The third-order valence-electron chi connectivity index (χ3n) is 2.56. The second-order valence-corrected chi connectivity index (χ2v) is 4.81. The molecule has 6 heteroatoms. The van der Waals surface area contributed by atoms with Gasteiger partial charge < -0.3 is 14.8 Å². The van der Waals surface area contributed by atoms with Gasteiger partial charge in [0.15, 0.2) is 0 Å². The van der Waals surface area contributed by atoms with Gasteiger partial charge >= 0.3 is 0 Å². The Kier molecular flexibility index (Phi) is 3.75. The van der Waals surface area contributed by atoms with Crippen LogP contribution in [0.3, 0.4) is 0 Å². The van der Waals surface area contributed by atoms with Crippen molar-refractivity contribution in [3.8, 4) is 0 Å². The maximum Gasteiger partial charge on any atom is 0.204 e. The van der Waals surface area contributed by atoms with E-state index in [1.165, 1.54) is 5.69 Å². The number of hydrogen-bond donors (Lipinski definition) is 1. The molecule has 0 aliphatic heterocycles. The third kappa shape index (κ3) is 2.83. The average molecular weight is 251 g/mol. The van der Waals surface area contributed by atoms with E-state index in [1.807, 2.05) is 37.8 Å². The molecule has 1 N–H and O–H groups in total. The number of hydrogen-bond acceptors (Lipinski definition) is 5. The largest absolute Gasteiger partial charge is 0.348 e. The fourth-order valence-corrected chi connectivity index (χ4v) is 2.22. The molecule has 0 aliphatic rings. The lowest BCUT2D eigenvalue weighted by atomic mass is 10.4. The minimum atomic E-state index is 0.798. The van der Waals surface area contributed by atoms with Gasteiger partial charge in [-0.1, -0.05) is 0 Å².